The molecule has 3 heterocycles. The first-order valence-corrected chi connectivity index (χ1v) is 21.1. The maximum atomic E-state index is 2.75. The molecular weight excluding hydrogens is 619 g/mol. The van der Waals surface area contributed by atoms with Gasteiger partial charge >= 0.3 is 0 Å². The van der Waals surface area contributed by atoms with E-state index in [0.29, 0.717) is 0 Å². The normalized spacial score (nSPS) is 12.3. The molecule has 51 heavy (non-hydrogen) atoms. The van der Waals surface area contributed by atoms with Crippen molar-refractivity contribution in [2.45, 2.75) is 156 Å². The molecule has 0 radical (unpaired) electrons. The van der Waals surface area contributed by atoms with Crippen LogP contribution < -0.4 is 0 Å². The van der Waals surface area contributed by atoms with Crippen LogP contribution in [0.2, 0.25) is 0 Å². The lowest BCUT2D eigenvalue weighted by atomic mass is 10.0. The van der Waals surface area contributed by atoms with Gasteiger partial charge in [0.2, 0.25) is 0 Å². The minimum absolute atomic E-state index is 1.07. The molecule has 3 aromatic heterocycles. The fourth-order valence-corrected chi connectivity index (χ4v) is 9.26. The Morgan fingerprint density at radius 3 is 0.863 bits per heavy atom. The molecule has 0 atom stereocenters. The second-order valence-corrected chi connectivity index (χ2v) is 15.5. The Hall–Kier alpha value is -3.72. The van der Waals surface area contributed by atoms with E-state index in [0.717, 1.165) is 19.6 Å². The van der Waals surface area contributed by atoms with Gasteiger partial charge < -0.3 is 13.7 Å². The minimum atomic E-state index is 1.07. The Balaban J connectivity index is 1.49. The highest BCUT2D eigenvalue weighted by molar-refractivity contribution is 6.39. The predicted octanol–water partition coefficient (Wildman–Crippen LogP) is 15.1. The van der Waals surface area contributed by atoms with Crippen LogP contribution in [0.15, 0.2) is 72.8 Å². The molecule has 7 aromatic rings. The summed E-state index contributed by atoms with van der Waals surface area (Å²) in [5.41, 5.74) is 8.61. The first-order valence-electron chi connectivity index (χ1n) is 21.1. The van der Waals surface area contributed by atoms with Gasteiger partial charge in [-0.05, 0) is 37.5 Å². The van der Waals surface area contributed by atoms with Crippen LogP contribution in [0.4, 0.5) is 0 Å². The zero-order chi connectivity index (χ0) is 35.0. The number of fused-ring (bicyclic) bond motifs is 12. The second kappa shape index (κ2) is 17.2. The Morgan fingerprint density at radius 2 is 0.569 bits per heavy atom. The molecule has 0 fully saturated rings. The molecule has 3 nitrogen and oxygen atoms in total. The summed E-state index contributed by atoms with van der Waals surface area (Å²) in [4.78, 5) is 0. The second-order valence-electron chi connectivity index (χ2n) is 15.5. The molecule has 4 aromatic carbocycles. The fourth-order valence-electron chi connectivity index (χ4n) is 9.26. The first kappa shape index (κ1) is 35.7. The predicted molar refractivity (Wildman–Crippen MR) is 226 cm³/mol. The molecule has 0 spiro atoms. The van der Waals surface area contributed by atoms with E-state index >= 15 is 0 Å². The van der Waals surface area contributed by atoms with Crippen molar-refractivity contribution in [1.82, 2.24) is 13.7 Å². The zero-order valence-electron chi connectivity index (χ0n) is 32.1. The van der Waals surface area contributed by atoms with Gasteiger partial charge in [0.05, 0.1) is 16.6 Å². The molecule has 3 heteroatoms. The van der Waals surface area contributed by atoms with Gasteiger partial charge in [-0.25, -0.2) is 0 Å². The van der Waals surface area contributed by atoms with E-state index in [1.54, 1.807) is 0 Å². The summed E-state index contributed by atoms with van der Waals surface area (Å²) in [5.74, 6) is 0. The van der Waals surface area contributed by atoms with Crippen molar-refractivity contribution < 1.29 is 0 Å². The Kier molecular flexibility index (Phi) is 12.0. The molecule has 0 bridgehead atoms. The van der Waals surface area contributed by atoms with Gasteiger partial charge in [0.1, 0.15) is 0 Å². The van der Waals surface area contributed by atoms with Crippen LogP contribution in [0.25, 0.3) is 65.4 Å². The van der Waals surface area contributed by atoms with Crippen molar-refractivity contribution in [1.29, 1.82) is 0 Å². The highest BCUT2D eigenvalue weighted by Crippen LogP contribution is 2.48. The van der Waals surface area contributed by atoms with Gasteiger partial charge in [0.25, 0.3) is 0 Å². The Morgan fingerprint density at radius 1 is 0.314 bits per heavy atom. The smallest absolute Gasteiger partial charge is 0.0614 e. The minimum Gasteiger partial charge on any atom is -0.340 e. The number of nitrogens with zero attached hydrogens (tertiary/aromatic N) is 3. The van der Waals surface area contributed by atoms with E-state index in [1.165, 1.54) is 181 Å². The first-order chi connectivity index (χ1) is 25.3. The van der Waals surface area contributed by atoms with E-state index in [1.807, 2.05) is 0 Å². The quantitative estimate of drug-likeness (QED) is 0.0671. The molecule has 0 amide bonds. The molecule has 0 saturated carbocycles. The van der Waals surface area contributed by atoms with Gasteiger partial charge in [-0.1, -0.05) is 172 Å². The summed E-state index contributed by atoms with van der Waals surface area (Å²) < 4.78 is 8.25. The SMILES string of the molecule is CCCCCCCCn1c2ccccc2c2c1c1c3ccccc3n(CCCCCCCC)c1c1c3ccccc3n(CCCCCCCC)c21. The standard InChI is InChI=1S/C48H63N3/c1-4-7-10-13-16-25-34-49-40-31-22-19-28-37(40)43-46(49)44-38-29-20-23-32-41(38)50(35-26-17-14-11-8-5-2)48(44)45-39-30-21-24-33-42(39)51(47(43)45)36-27-18-15-12-9-6-3/h19-24,28-33H,4-18,25-27,34-36H2,1-3H3. The van der Waals surface area contributed by atoms with Gasteiger partial charge in [0.15, 0.2) is 0 Å². The number of hydrogen-bond donors (Lipinski definition) is 0. The van der Waals surface area contributed by atoms with E-state index < -0.39 is 0 Å². The Labute approximate surface area is 307 Å². The third-order valence-electron chi connectivity index (χ3n) is 11.8. The lowest BCUT2D eigenvalue weighted by Crippen LogP contribution is -2.02. The van der Waals surface area contributed by atoms with Crippen LogP contribution in [0.5, 0.6) is 0 Å². The van der Waals surface area contributed by atoms with Crippen molar-refractivity contribution in [2.24, 2.45) is 0 Å². The fraction of sp³-hybridized carbons (Fsp3) is 0.500. The van der Waals surface area contributed by atoms with Crippen LogP contribution in [-0.2, 0) is 19.6 Å². The summed E-state index contributed by atoms with van der Waals surface area (Å²) in [6.07, 6.45) is 23.7. The summed E-state index contributed by atoms with van der Waals surface area (Å²) in [6, 6.07) is 28.1. The lowest BCUT2D eigenvalue weighted by Gasteiger charge is -2.13. The molecule has 0 N–H and O–H groups in total. The highest BCUT2D eigenvalue weighted by atomic mass is 15.0. The maximum Gasteiger partial charge on any atom is 0.0614 e. The zero-order valence-corrected chi connectivity index (χ0v) is 32.1. The third kappa shape index (κ3) is 7.07. The number of hydrogen-bond acceptors (Lipinski definition) is 0. The van der Waals surface area contributed by atoms with Crippen molar-refractivity contribution in [3.8, 4) is 0 Å². The van der Waals surface area contributed by atoms with E-state index in [-0.39, 0.29) is 0 Å². The van der Waals surface area contributed by atoms with Crippen molar-refractivity contribution in [2.75, 3.05) is 0 Å². The number of benzene rings is 4. The van der Waals surface area contributed by atoms with Gasteiger partial charge in [-0.2, -0.15) is 0 Å². The van der Waals surface area contributed by atoms with Crippen LogP contribution >= 0.6 is 0 Å². The number of para-hydroxylation sites is 3. The summed E-state index contributed by atoms with van der Waals surface area (Å²) >= 11 is 0. The monoisotopic (exact) mass is 682 g/mol. The summed E-state index contributed by atoms with van der Waals surface area (Å²) in [5, 5.41) is 8.69. The number of unbranched alkanes of at least 4 members (excludes halogenated alkanes) is 15. The molecule has 0 unspecified atom stereocenters. The summed E-state index contributed by atoms with van der Waals surface area (Å²) in [7, 11) is 0. The Bertz CT molecular complexity index is 1910. The number of rotatable bonds is 21. The van der Waals surface area contributed by atoms with Crippen molar-refractivity contribution in [3.05, 3.63) is 72.8 Å². The van der Waals surface area contributed by atoms with Gasteiger partial charge in [-0.15, -0.1) is 0 Å². The van der Waals surface area contributed by atoms with Crippen LogP contribution in [-0.4, -0.2) is 13.7 Å². The maximum absolute atomic E-state index is 2.75. The molecule has 0 aliphatic heterocycles. The van der Waals surface area contributed by atoms with Gasteiger partial charge in [0, 0.05) is 68.5 Å². The molecule has 270 valence electrons. The highest BCUT2D eigenvalue weighted by Gasteiger charge is 2.27. The van der Waals surface area contributed by atoms with E-state index in [9.17, 15) is 0 Å². The molecule has 7 rings (SSSR count). The average molecular weight is 682 g/mol. The lowest BCUT2D eigenvalue weighted by molar-refractivity contribution is 0.570. The topological polar surface area (TPSA) is 14.8 Å². The molecule has 0 saturated heterocycles. The molecule has 0 aliphatic carbocycles. The molecular formula is C48H63N3. The van der Waals surface area contributed by atoms with Crippen LogP contribution in [0, 0.1) is 0 Å². The number of aromatic nitrogens is 3. The van der Waals surface area contributed by atoms with E-state index in [2.05, 4.69) is 107 Å². The summed E-state index contributed by atoms with van der Waals surface area (Å²) in [6.45, 7) is 10.2. The molecule has 0 aliphatic rings. The third-order valence-corrected chi connectivity index (χ3v) is 11.8. The average Bonchev–Trinajstić information content (AvgIpc) is 3.78. The van der Waals surface area contributed by atoms with Crippen LogP contribution in [0.3, 0.4) is 0 Å². The van der Waals surface area contributed by atoms with Gasteiger partial charge in [-0.3, -0.25) is 0 Å². The van der Waals surface area contributed by atoms with Crippen molar-refractivity contribution >= 4 is 65.4 Å². The number of aryl methyl sites for hydroxylation is 3. The van der Waals surface area contributed by atoms with E-state index in [4.69, 9.17) is 0 Å². The van der Waals surface area contributed by atoms with Crippen molar-refractivity contribution in [3.63, 3.8) is 0 Å². The largest absolute Gasteiger partial charge is 0.340 e. The van der Waals surface area contributed by atoms with Crippen LogP contribution in [0.1, 0.15) is 136 Å².